The number of unbranched alkanes of at least 4 members (excludes halogenated alkanes) is 1. The van der Waals surface area contributed by atoms with E-state index in [1.54, 1.807) is 72.7 Å². The van der Waals surface area contributed by atoms with Crippen molar-refractivity contribution in [3.63, 3.8) is 0 Å². The number of hydrogen-bond acceptors (Lipinski definition) is 7. The number of hydrogen-bond donors (Lipinski definition) is 3. The van der Waals surface area contributed by atoms with Gasteiger partial charge in [-0.1, -0.05) is 72.9 Å². The van der Waals surface area contributed by atoms with Crippen LogP contribution in [0.4, 0.5) is 5.69 Å². The first-order valence-electron chi connectivity index (χ1n) is 16.8. The number of esters is 1. The molecule has 1 aliphatic heterocycles. The molecule has 1 aromatic carbocycles. The fourth-order valence-electron chi connectivity index (χ4n) is 5.95. The summed E-state index contributed by atoms with van der Waals surface area (Å²) in [5.41, 5.74) is -0.658. The molecule has 1 unspecified atom stereocenters. The smallest absolute Gasteiger partial charge is 0.354 e. The summed E-state index contributed by atoms with van der Waals surface area (Å²) in [5, 5.41) is 8.32. The third-order valence-electron chi connectivity index (χ3n) is 8.77. The standard InChI is InChI=1S/C36H53IN4O7/c1-10-12-14-26(13-11-2)33(46)48-21-25-15-17-27(18-16-25)39-31(44)24(5)38-32(45)30(23(3)4)40-34(47)35(6,7)22-36(8,9)41(37)28(42)19-20-29(41)43/h15-20,23-24,26,30H,10-14,21-22H2,1-9H3,(H2-,38,39,40,44,45,47)/p+1/t24-,26?,30-/m0/s1. The number of amides is 5. The molecule has 11 nitrogen and oxygen atoms in total. The second-order valence-electron chi connectivity index (χ2n) is 14.3. The van der Waals surface area contributed by atoms with Crippen LogP contribution in [0.15, 0.2) is 36.4 Å². The lowest BCUT2D eigenvalue weighted by Crippen LogP contribution is -2.61. The van der Waals surface area contributed by atoms with Crippen molar-refractivity contribution in [3.05, 3.63) is 42.0 Å². The summed E-state index contributed by atoms with van der Waals surface area (Å²) in [6.07, 6.45) is 7.27. The van der Waals surface area contributed by atoms with E-state index in [1.807, 2.05) is 22.9 Å². The molecule has 2 rings (SSSR count). The predicted octanol–water partition coefficient (Wildman–Crippen LogP) is 5.91. The minimum atomic E-state index is -1.05. The molecular formula is C36H54IN4O7+. The Bertz CT molecular complexity index is 1350. The average molecular weight is 782 g/mol. The van der Waals surface area contributed by atoms with Gasteiger partial charge in [0.15, 0.2) is 0 Å². The van der Waals surface area contributed by atoms with Crippen molar-refractivity contribution in [3.8, 4) is 0 Å². The molecule has 0 bridgehead atoms. The molecule has 0 radical (unpaired) electrons. The van der Waals surface area contributed by atoms with Crippen molar-refractivity contribution >= 4 is 64.1 Å². The van der Waals surface area contributed by atoms with Crippen LogP contribution >= 0.6 is 22.9 Å². The van der Waals surface area contributed by atoms with Crippen molar-refractivity contribution in [1.82, 2.24) is 10.6 Å². The zero-order valence-electron chi connectivity index (χ0n) is 29.9. The first-order valence-corrected chi connectivity index (χ1v) is 17.8. The van der Waals surface area contributed by atoms with Gasteiger partial charge in [0.05, 0.1) is 18.1 Å². The van der Waals surface area contributed by atoms with E-state index in [0.717, 1.165) is 37.7 Å². The fourth-order valence-corrected chi connectivity index (χ4v) is 6.44. The van der Waals surface area contributed by atoms with E-state index in [1.165, 1.54) is 12.2 Å². The monoisotopic (exact) mass is 781 g/mol. The molecule has 0 aliphatic carbocycles. The first-order chi connectivity index (χ1) is 22.3. The van der Waals surface area contributed by atoms with Gasteiger partial charge in [0, 0.05) is 17.5 Å². The summed E-state index contributed by atoms with van der Waals surface area (Å²) >= 11 is 1.84. The summed E-state index contributed by atoms with van der Waals surface area (Å²) in [6.45, 7) is 16.4. The Morgan fingerprint density at radius 3 is 1.96 bits per heavy atom. The number of quaternary nitrogens is 1. The molecule has 0 spiro atoms. The van der Waals surface area contributed by atoms with Crippen LogP contribution < -0.4 is 16.0 Å². The lowest BCUT2D eigenvalue weighted by molar-refractivity contribution is -0.652. The van der Waals surface area contributed by atoms with Gasteiger partial charge in [-0.3, -0.25) is 19.2 Å². The SMILES string of the molecule is CCCCC(CCC)C(=O)OCc1ccc(NC(=O)[C@H](C)NC(=O)[C@@H](NC(=O)C(C)(C)CC(C)(C)[N+]2(I)C(=O)C=CC2=O)C(C)C)cc1. The van der Waals surface area contributed by atoms with Crippen molar-refractivity contribution in [1.29, 1.82) is 0 Å². The molecular weight excluding hydrogens is 727 g/mol. The number of rotatable bonds is 18. The Morgan fingerprint density at radius 2 is 1.44 bits per heavy atom. The summed E-state index contributed by atoms with van der Waals surface area (Å²) in [7, 11) is 0. The minimum absolute atomic E-state index is 0.0895. The van der Waals surface area contributed by atoms with Gasteiger partial charge in [0.25, 0.3) is 22.9 Å². The molecule has 3 atom stereocenters. The van der Waals surface area contributed by atoms with E-state index >= 15 is 0 Å². The van der Waals surface area contributed by atoms with Gasteiger partial charge in [-0.15, -0.1) is 2.70 Å². The van der Waals surface area contributed by atoms with E-state index < -0.39 is 43.5 Å². The summed E-state index contributed by atoms with van der Waals surface area (Å²) in [6, 6.07) is 5.11. The number of anilines is 1. The topological polar surface area (TPSA) is 148 Å². The minimum Gasteiger partial charge on any atom is -0.461 e. The van der Waals surface area contributed by atoms with Gasteiger partial charge in [-0.25, -0.2) is 9.59 Å². The number of nitrogens with one attached hydrogen (secondary N) is 3. The zero-order valence-corrected chi connectivity index (χ0v) is 32.1. The molecule has 1 aliphatic rings. The highest BCUT2D eigenvalue weighted by molar-refractivity contribution is 14.1. The molecule has 0 fully saturated rings. The highest BCUT2D eigenvalue weighted by Gasteiger charge is 2.58. The second-order valence-corrected chi connectivity index (χ2v) is 15.8. The molecule has 1 heterocycles. The lowest BCUT2D eigenvalue weighted by atomic mass is 9.78. The van der Waals surface area contributed by atoms with Gasteiger partial charge in [-0.05, 0) is 57.2 Å². The van der Waals surface area contributed by atoms with Crippen LogP contribution in [0, 0.1) is 17.3 Å². The average Bonchev–Trinajstić information content (AvgIpc) is 3.28. The highest BCUT2D eigenvalue weighted by atomic mass is 127. The van der Waals surface area contributed by atoms with Crippen LogP contribution in [0.25, 0.3) is 0 Å². The zero-order chi connectivity index (χ0) is 36.4. The van der Waals surface area contributed by atoms with Gasteiger partial charge < -0.3 is 20.7 Å². The number of imide groups is 1. The van der Waals surface area contributed by atoms with Crippen LogP contribution in [-0.2, 0) is 40.1 Å². The number of halogens is 1. The van der Waals surface area contributed by atoms with Crippen molar-refractivity contribution in [2.45, 2.75) is 125 Å². The maximum atomic E-state index is 13.5. The second kappa shape index (κ2) is 17.5. The van der Waals surface area contributed by atoms with Crippen molar-refractivity contribution in [2.75, 3.05) is 5.32 Å². The van der Waals surface area contributed by atoms with Crippen LogP contribution in [-0.4, -0.2) is 55.8 Å². The van der Waals surface area contributed by atoms with Gasteiger partial charge in [0.2, 0.25) is 17.7 Å². The Balaban J connectivity index is 1.97. The number of nitrogens with zero attached hydrogens (tertiary/aromatic N) is 1. The van der Waals surface area contributed by atoms with E-state index in [2.05, 4.69) is 29.8 Å². The van der Waals surface area contributed by atoms with Gasteiger partial charge >= 0.3 is 17.8 Å². The van der Waals surface area contributed by atoms with Crippen molar-refractivity contribution in [2.24, 2.45) is 17.3 Å². The molecule has 5 amide bonds. The van der Waals surface area contributed by atoms with Gasteiger partial charge in [0.1, 0.15) is 24.2 Å². The first kappa shape index (κ1) is 41.0. The largest absolute Gasteiger partial charge is 0.461 e. The lowest BCUT2D eigenvalue weighted by Gasteiger charge is -2.41. The maximum absolute atomic E-state index is 13.5. The molecule has 48 heavy (non-hydrogen) atoms. The third-order valence-corrected chi connectivity index (χ3v) is 11.0. The summed E-state index contributed by atoms with van der Waals surface area (Å²) in [4.78, 5) is 77.6. The van der Waals surface area contributed by atoms with Crippen LogP contribution in [0.1, 0.15) is 106 Å². The fraction of sp³-hybridized carbons (Fsp3) is 0.611. The Kier molecular flexibility index (Phi) is 15.0. The molecule has 1 aromatic rings. The predicted molar refractivity (Wildman–Crippen MR) is 193 cm³/mol. The van der Waals surface area contributed by atoms with Crippen LogP contribution in [0.2, 0.25) is 0 Å². The normalized spacial score (nSPS) is 16.3. The van der Waals surface area contributed by atoms with Crippen LogP contribution in [0.5, 0.6) is 0 Å². The molecule has 3 N–H and O–H groups in total. The molecule has 0 aromatic heterocycles. The van der Waals surface area contributed by atoms with Gasteiger partial charge in [-0.2, -0.15) is 0 Å². The van der Waals surface area contributed by atoms with E-state index in [4.69, 9.17) is 4.74 Å². The number of benzene rings is 1. The third kappa shape index (κ3) is 10.4. The summed E-state index contributed by atoms with van der Waals surface area (Å²) in [5.74, 6) is -2.66. The Labute approximate surface area is 299 Å². The Hall–Kier alpha value is -3.13. The quantitative estimate of drug-likeness (QED) is 0.0727. The highest BCUT2D eigenvalue weighted by Crippen LogP contribution is 2.43. The summed E-state index contributed by atoms with van der Waals surface area (Å²) < 4.78 is 5.06. The maximum Gasteiger partial charge on any atom is 0.354 e. The molecule has 0 saturated carbocycles. The molecule has 0 saturated heterocycles. The number of ether oxygens (including phenoxy) is 1. The van der Waals surface area contributed by atoms with E-state index in [-0.39, 0.29) is 42.6 Å². The number of carbonyl (C=O) groups excluding carboxylic acids is 6. The van der Waals surface area contributed by atoms with E-state index in [0.29, 0.717) is 5.69 Å². The van der Waals surface area contributed by atoms with Crippen molar-refractivity contribution < 1.29 is 36.2 Å². The number of carbonyl (C=O) groups is 6. The Morgan fingerprint density at radius 1 is 0.854 bits per heavy atom. The van der Waals surface area contributed by atoms with E-state index in [9.17, 15) is 28.8 Å². The van der Waals surface area contributed by atoms with Crippen LogP contribution in [0.3, 0.4) is 0 Å². The molecule has 12 heteroatoms. The molecule has 266 valence electrons.